The third kappa shape index (κ3) is 3.94. The van der Waals surface area contributed by atoms with Crippen molar-refractivity contribution in [3.63, 3.8) is 0 Å². The summed E-state index contributed by atoms with van der Waals surface area (Å²) in [6.07, 6.45) is 0.650. The van der Waals surface area contributed by atoms with Crippen LogP contribution in [0.1, 0.15) is 18.1 Å². The number of anilines is 1. The summed E-state index contributed by atoms with van der Waals surface area (Å²) >= 11 is 0. The second-order valence-electron chi connectivity index (χ2n) is 7.22. The summed E-state index contributed by atoms with van der Waals surface area (Å²) in [7, 11) is 0. The van der Waals surface area contributed by atoms with Gasteiger partial charge in [-0.1, -0.05) is 23.4 Å². The number of aromatic nitrogens is 2. The standard InChI is InChI=1S/C19H25N5O2/c1-15-20-18(21-26-15)14-23-9-7-22(8-10-23)12-16-11-19(25)24(13-16)17-5-3-2-4-6-17/h2-6,16H,7-14H2,1H3. The molecule has 2 aromatic rings. The Morgan fingerprint density at radius 1 is 1.12 bits per heavy atom. The number of benzene rings is 1. The minimum Gasteiger partial charge on any atom is -0.340 e. The second-order valence-corrected chi connectivity index (χ2v) is 7.22. The Hall–Kier alpha value is -2.25. The highest BCUT2D eigenvalue weighted by Crippen LogP contribution is 2.25. The van der Waals surface area contributed by atoms with E-state index in [0.717, 1.165) is 57.3 Å². The summed E-state index contributed by atoms with van der Waals surface area (Å²) in [4.78, 5) is 23.4. The highest BCUT2D eigenvalue weighted by Gasteiger charge is 2.32. The van der Waals surface area contributed by atoms with Gasteiger partial charge in [0, 0.05) is 58.3 Å². The number of carbonyl (C=O) groups is 1. The highest BCUT2D eigenvalue weighted by molar-refractivity contribution is 5.95. The van der Waals surface area contributed by atoms with E-state index in [9.17, 15) is 4.79 Å². The number of amides is 1. The maximum Gasteiger partial charge on any atom is 0.227 e. The monoisotopic (exact) mass is 355 g/mol. The van der Waals surface area contributed by atoms with Crippen LogP contribution in [0.2, 0.25) is 0 Å². The molecule has 0 saturated carbocycles. The Kier molecular flexibility index (Phi) is 4.99. The van der Waals surface area contributed by atoms with E-state index < -0.39 is 0 Å². The van der Waals surface area contributed by atoms with Crippen molar-refractivity contribution in [3.05, 3.63) is 42.0 Å². The van der Waals surface area contributed by atoms with E-state index in [4.69, 9.17) is 4.52 Å². The lowest BCUT2D eigenvalue weighted by Gasteiger charge is -2.35. The molecule has 7 heteroatoms. The van der Waals surface area contributed by atoms with Gasteiger partial charge in [-0.25, -0.2) is 0 Å². The summed E-state index contributed by atoms with van der Waals surface area (Å²) < 4.78 is 5.04. The molecule has 1 unspecified atom stereocenters. The molecule has 1 atom stereocenters. The lowest BCUT2D eigenvalue weighted by atomic mass is 10.1. The third-order valence-corrected chi connectivity index (χ3v) is 5.19. The quantitative estimate of drug-likeness (QED) is 0.811. The van der Waals surface area contributed by atoms with Gasteiger partial charge in [-0.2, -0.15) is 4.98 Å². The Balaban J connectivity index is 1.25. The highest BCUT2D eigenvalue weighted by atomic mass is 16.5. The summed E-state index contributed by atoms with van der Waals surface area (Å²) in [5.41, 5.74) is 1.01. The Labute approximate surface area is 153 Å². The average Bonchev–Trinajstić information content (AvgIpc) is 3.22. The number of carbonyl (C=O) groups excluding carboxylic acids is 1. The van der Waals surface area contributed by atoms with Crippen molar-refractivity contribution in [3.8, 4) is 0 Å². The van der Waals surface area contributed by atoms with Gasteiger partial charge in [0.1, 0.15) is 0 Å². The van der Waals surface area contributed by atoms with E-state index in [1.54, 1.807) is 0 Å². The maximum atomic E-state index is 12.4. The van der Waals surface area contributed by atoms with Crippen LogP contribution in [0.3, 0.4) is 0 Å². The number of rotatable bonds is 5. The van der Waals surface area contributed by atoms with Crippen LogP contribution in [0, 0.1) is 12.8 Å². The largest absolute Gasteiger partial charge is 0.340 e. The van der Waals surface area contributed by atoms with E-state index in [-0.39, 0.29) is 5.91 Å². The second kappa shape index (κ2) is 7.55. The van der Waals surface area contributed by atoms with E-state index in [0.29, 0.717) is 18.2 Å². The first kappa shape index (κ1) is 17.2. The van der Waals surface area contributed by atoms with Crippen molar-refractivity contribution in [2.75, 3.05) is 44.2 Å². The predicted molar refractivity (Wildman–Crippen MR) is 97.7 cm³/mol. The van der Waals surface area contributed by atoms with E-state index in [1.807, 2.05) is 42.2 Å². The van der Waals surface area contributed by atoms with E-state index in [2.05, 4.69) is 19.9 Å². The summed E-state index contributed by atoms with van der Waals surface area (Å²) in [5.74, 6) is 2.03. The fourth-order valence-corrected chi connectivity index (χ4v) is 3.86. The zero-order valence-corrected chi connectivity index (χ0v) is 15.2. The minimum absolute atomic E-state index is 0.243. The summed E-state index contributed by atoms with van der Waals surface area (Å²) in [6.45, 7) is 8.41. The van der Waals surface area contributed by atoms with Gasteiger partial charge in [0.15, 0.2) is 5.82 Å². The molecule has 2 aliphatic heterocycles. The zero-order valence-electron chi connectivity index (χ0n) is 15.2. The van der Waals surface area contributed by atoms with E-state index >= 15 is 0 Å². The molecule has 7 nitrogen and oxygen atoms in total. The van der Waals surface area contributed by atoms with Crippen molar-refractivity contribution in [1.82, 2.24) is 19.9 Å². The molecular weight excluding hydrogens is 330 g/mol. The first-order valence-corrected chi connectivity index (χ1v) is 9.26. The summed E-state index contributed by atoms with van der Waals surface area (Å²) in [6, 6.07) is 9.98. The number of aryl methyl sites for hydroxylation is 1. The molecule has 138 valence electrons. The van der Waals surface area contributed by atoms with Crippen LogP contribution >= 0.6 is 0 Å². The van der Waals surface area contributed by atoms with Crippen LogP contribution in [0.5, 0.6) is 0 Å². The predicted octanol–water partition coefficient (Wildman–Crippen LogP) is 1.55. The Morgan fingerprint density at radius 2 is 1.85 bits per heavy atom. The number of hydrogen-bond donors (Lipinski definition) is 0. The molecule has 2 fully saturated rings. The van der Waals surface area contributed by atoms with Gasteiger partial charge in [0.25, 0.3) is 0 Å². The molecule has 2 aliphatic rings. The molecule has 1 aromatic heterocycles. The van der Waals surface area contributed by atoms with Gasteiger partial charge in [-0.05, 0) is 18.1 Å². The SMILES string of the molecule is Cc1nc(CN2CCN(CC3CC(=O)N(c4ccccc4)C3)CC2)no1. The maximum absolute atomic E-state index is 12.4. The fourth-order valence-electron chi connectivity index (χ4n) is 3.86. The van der Waals surface area contributed by atoms with Gasteiger partial charge in [0.05, 0.1) is 6.54 Å². The van der Waals surface area contributed by atoms with Gasteiger partial charge in [-0.15, -0.1) is 0 Å². The number of nitrogens with zero attached hydrogens (tertiary/aromatic N) is 5. The van der Waals surface area contributed by atoms with Gasteiger partial charge in [0.2, 0.25) is 11.8 Å². The molecule has 0 bridgehead atoms. The molecular formula is C19H25N5O2. The lowest BCUT2D eigenvalue weighted by Crippen LogP contribution is -2.47. The summed E-state index contributed by atoms with van der Waals surface area (Å²) in [5, 5.41) is 3.97. The first-order valence-electron chi connectivity index (χ1n) is 9.26. The normalized spacial score (nSPS) is 22.3. The minimum atomic E-state index is 0.243. The number of para-hydroxylation sites is 1. The Morgan fingerprint density at radius 3 is 2.54 bits per heavy atom. The molecule has 0 N–H and O–H groups in total. The molecule has 0 spiro atoms. The molecule has 1 aromatic carbocycles. The molecule has 3 heterocycles. The topological polar surface area (TPSA) is 65.7 Å². The molecule has 0 aliphatic carbocycles. The van der Waals surface area contributed by atoms with Crippen molar-refractivity contribution in [1.29, 1.82) is 0 Å². The van der Waals surface area contributed by atoms with Crippen LogP contribution in [-0.2, 0) is 11.3 Å². The lowest BCUT2D eigenvalue weighted by molar-refractivity contribution is -0.117. The van der Waals surface area contributed by atoms with Crippen LogP contribution < -0.4 is 4.90 Å². The molecule has 2 saturated heterocycles. The smallest absolute Gasteiger partial charge is 0.227 e. The fraction of sp³-hybridized carbons (Fsp3) is 0.526. The molecule has 0 radical (unpaired) electrons. The van der Waals surface area contributed by atoms with Crippen LogP contribution in [0.25, 0.3) is 0 Å². The Bertz CT molecular complexity index is 739. The van der Waals surface area contributed by atoms with Crippen molar-refractivity contribution in [2.45, 2.75) is 19.9 Å². The van der Waals surface area contributed by atoms with Gasteiger partial charge >= 0.3 is 0 Å². The van der Waals surface area contributed by atoms with Crippen LogP contribution in [0.15, 0.2) is 34.9 Å². The molecule has 1 amide bonds. The third-order valence-electron chi connectivity index (χ3n) is 5.19. The average molecular weight is 355 g/mol. The van der Waals surface area contributed by atoms with E-state index in [1.165, 1.54) is 0 Å². The molecule has 4 rings (SSSR count). The van der Waals surface area contributed by atoms with Crippen molar-refractivity contribution in [2.24, 2.45) is 5.92 Å². The number of piperazine rings is 1. The van der Waals surface area contributed by atoms with Crippen molar-refractivity contribution < 1.29 is 9.32 Å². The zero-order chi connectivity index (χ0) is 17.9. The van der Waals surface area contributed by atoms with Crippen LogP contribution in [-0.4, -0.2) is 65.1 Å². The van der Waals surface area contributed by atoms with Gasteiger partial charge < -0.3 is 14.3 Å². The number of hydrogen-bond acceptors (Lipinski definition) is 6. The first-order chi connectivity index (χ1) is 12.7. The van der Waals surface area contributed by atoms with Gasteiger partial charge in [-0.3, -0.25) is 9.69 Å². The van der Waals surface area contributed by atoms with Crippen LogP contribution in [0.4, 0.5) is 5.69 Å². The molecule has 26 heavy (non-hydrogen) atoms. The van der Waals surface area contributed by atoms with Crippen molar-refractivity contribution >= 4 is 11.6 Å².